The standard InChI is InChI=1S/C15H18ClNO3/c16-12-8-10(13(14(17)18)15(19)20)6-7-11(12)9-4-2-1-3-5-9/h6-9,13H,1-5H2,(H2,17,18)(H,19,20). The van der Waals surface area contributed by atoms with E-state index in [1.165, 1.54) is 19.3 Å². The summed E-state index contributed by atoms with van der Waals surface area (Å²) < 4.78 is 0. The molecule has 1 saturated carbocycles. The number of hydrogen-bond donors (Lipinski definition) is 2. The largest absolute Gasteiger partial charge is 0.480 e. The number of hydrogen-bond acceptors (Lipinski definition) is 2. The highest BCUT2D eigenvalue weighted by molar-refractivity contribution is 6.31. The van der Waals surface area contributed by atoms with E-state index in [0.29, 0.717) is 16.5 Å². The van der Waals surface area contributed by atoms with E-state index >= 15 is 0 Å². The van der Waals surface area contributed by atoms with E-state index in [2.05, 4.69) is 0 Å². The summed E-state index contributed by atoms with van der Waals surface area (Å²) in [5.74, 6) is -3.03. The molecule has 1 aliphatic rings. The van der Waals surface area contributed by atoms with Crippen molar-refractivity contribution >= 4 is 23.5 Å². The van der Waals surface area contributed by atoms with Gasteiger partial charge < -0.3 is 10.8 Å². The van der Waals surface area contributed by atoms with Crippen LogP contribution in [0.5, 0.6) is 0 Å². The van der Waals surface area contributed by atoms with Gasteiger partial charge >= 0.3 is 5.97 Å². The minimum absolute atomic E-state index is 0.342. The van der Waals surface area contributed by atoms with Crippen LogP contribution < -0.4 is 5.73 Å². The number of amides is 1. The van der Waals surface area contributed by atoms with Gasteiger partial charge in [-0.05, 0) is 36.0 Å². The molecule has 1 fully saturated rings. The molecule has 0 bridgehead atoms. The molecule has 0 aromatic heterocycles. The third kappa shape index (κ3) is 3.12. The lowest BCUT2D eigenvalue weighted by Crippen LogP contribution is -2.28. The molecule has 1 aromatic carbocycles. The first kappa shape index (κ1) is 14.9. The Morgan fingerprint density at radius 2 is 1.90 bits per heavy atom. The fourth-order valence-corrected chi connectivity index (χ4v) is 3.24. The summed E-state index contributed by atoms with van der Waals surface area (Å²) >= 11 is 6.27. The minimum Gasteiger partial charge on any atom is -0.480 e. The first-order valence-electron chi connectivity index (χ1n) is 6.82. The van der Waals surface area contributed by atoms with Crippen molar-refractivity contribution in [2.75, 3.05) is 0 Å². The normalized spacial score (nSPS) is 17.6. The van der Waals surface area contributed by atoms with E-state index in [4.69, 9.17) is 22.4 Å². The molecule has 0 aliphatic heterocycles. The maximum Gasteiger partial charge on any atom is 0.320 e. The SMILES string of the molecule is NC(=O)C(C(=O)O)c1ccc(C2CCCCC2)c(Cl)c1. The Morgan fingerprint density at radius 3 is 2.40 bits per heavy atom. The van der Waals surface area contributed by atoms with Crippen LogP contribution in [0.4, 0.5) is 0 Å². The van der Waals surface area contributed by atoms with Gasteiger partial charge in [0.25, 0.3) is 0 Å². The fourth-order valence-electron chi connectivity index (χ4n) is 2.90. The second-order valence-corrected chi connectivity index (χ2v) is 5.70. The molecule has 1 aromatic rings. The topological polar surface area (TPSA) is 80.4 Å². The highest BCUT2D eigenvalue weighted by Crippen LogP contribution is 2.37. The highest BCUT2D eigenvalue weighted by atomic mass is 35.5. The number of carboxylic acids is 1. The van der Waals surface area contributed by atoms with Crippen LogP contribution in [0, 0.1) is 0 Å². The Labute approximate surface area is 122 Å². The van der Waals surface area contributed by atoms with Crippen molar-refractivity contribution in [3.05, 3.63) is 34.3 Å². The number of carboxylic acid groups (broad SMARTS) is 1. The monoisotopic (exact) mass is 295 g/mol. The molecule has 5 heteroatoms. The van der Waals surface area contributed by atoms with E-state index in [1.54, 1.807) is 12.1 Å². The van der Waals surface area contributed by atoms with Crippen molar-refractivity contribution in [3.63, 3.8) is 0 Å². The van der Waals surface area contributed by atoms with E-state index in [1.807, 2.05) is 6.07 Å². The van der Waals surface area contributed by atoms with Crippen LogP contribution in [0.3, 0.4) is 0 Å². The summed E-state index contributed by atoms with van der Waals surface area (Å²) in [5.41, 5.74) is 6.53. The average Bonchev–Trinajstić information content (AvgIpc) is 2.39. The summed E-state index contributed by atoms with van der Waals surface area (Å²) in [7, 11) is 0. The molecule has 108 valence electrons. The molecule has 0 saturated heterocycles. The average molecular weight is 296 g/mol. The molecule has 1 aliphatic carbocycles. The highest BCUT2D eigenvalue weighted by Gasteiger charge is 2.27. The van der Waals surface area contributed by atoms with Gasteiger partial charge in [0, 0.05) is 5.02 Å². The van der Waals surface area contributed by atoms with Crippen molar-refractivity contribution in [1.29, 1.82) is 0 Å². The van der Waals surface area contributed by atoms with Gasteiger partial charge in [0.1, 0.15) is 0 Å². The van der Waals surface area contributed by atoms with E-state index in [9.17, 15) is 9.59 Å². The number of aliphatic carboxylic acids is 1. The lowest BCUT2D eigenvalue weighted by molar-refractivity contribution is -0.142. The molecule has 0 spiro atoms. The van der Waals surface area contributed by atoms with Crippen molar-refractivity contribution in [1.82, 2.24) is 0 Å². The van der Waals surface area contributed by atoms with Gasteiger partial charge in [0.05, 0.1) is 0 Å². The minimum atomic E-state index is -1.34. The van der Waals surface area contributed by atoms with Gasteiger partial charge in [0.15, 0.2) is 5.92 Å². The number of carbonyl (C=O) groups is 2. The third-order valence-electron chi connectivity index (χ3n) is 3.93. The summed E-state index contributed by atoms with van der Waals surface area (Å²) in [6, 6.07) is 5.06. The van der Waals surface area contributed by atoms with E-state index < -0.39 is 17.8 Å². The van der Waals surface area contributed by atoms with Crippen molar-refractivity contribution in [2.24, 2.45) is 5.73 Å². The number of nitrogens with two attached hydrogens (primary N) is 1. The Bertz CT molecular complexity index is 510. The predicted octanol–water partition coefficient (Wildman–Crippen LogP) is 3.04. The van der Waals surface area contributed by atoms with Crippen LogP contribution in [0.2, 0.25) is 5.02 Å². The van der Waals surface area contributed by atoms with Crippen LogP contribution in [0.25, 0.3) is 0 Å². The third-order valence-corrected chi connectivity index (χ3v) is 4.26. The van der Waals surface area contributed by atoms with Crippen molar-refractivity contribution < 1.29 is 14.7 Å². The Hall–Kier alpha value is -1.55. The number of benzene rings is 1. The predicted molar refractivity (Wildman–Crippen MR) is 76.8 cm³/mol. The van der Waals surface area contributed by atoms with E-state index in [0.717, 1.165) is 18.4 Å². The molecular weight excluding hydrogens is 278 g/mol. The van der Waals surface area contributed by atoms with Crippen LogP contribution >= 0.6 is 11.6 Å². The molecule has 4 nitrogen and oxygen atoms in total. The number of carbonyl (C=O) groups excluding carboxylic acids is 1. The fraction of sp³-hybridized carbons (Fsp3) is 0.467. The molecule has 3 N–H and O–H groups in total. The smallest absolute Gasteiger partial charge is 0.320 e. The second-order valence-electron chi connectivity index (χ2n) is 5.29. The maximum atomic E-state index is 11.2. The Kier molecular flexibility index (Phi) is 4.65. The molecule has 1 atom stereocenters. The number of rotatable bonds is 4. The lowest BCUT2D eigenvalue weighted by atomic mass is 9.83. The maximum absolute atomic E-state index is 11.2. The van der Waals surface area contributed by atoms with Gasteiger partial charge in [-0.1, -0.05) is 43.0 Å². The van der Waals surface area contributed by atoms with Crippen molar-refractivity contribution in [3.8, 4) is 0 Å². The van der Waals surface area contributed by atoms with E-state index in [-0.39, 0.29) is 0 Å². The summed E-state index contributed by atoms with van der Waals surface area (Å²) in [4.78, 5) is 22.3. The summed E-state index contributed by atoms with van der Waals surface area (Å²) in [6.45, 7) is 0. The van der Waals surface area contributed by atoms with Crippen LogP contribution in [-0.2, 0) is 9.59 Å². The lowest BCUT2D eigenvalue weighted by Gasteiger charge is -2.23. The molecule has 1 unspecified atom stereocenters. The quantitative estimate of drug-likeness (QED) is 0.838. The molecule has 0 heterocycles. The molecule has 2 rings (SSSR count). The van der Waals surface area contributed by atoms with Gasteiger partial charge in [-0.25, -0.2) is 0 Å². The zero-order chi connectivity index (χ0) is 14.7. The van der Waals surface area contributed by atoms with Gasteiger partial charge in [-0.3, -0.25) is 9.59 Å². The molecule has 20 heavy (non-hydrogen) atoms. The first-order chi connectivity index (χ1) is 9.50. The number of primary amides is 1. The summed E-state index contributed by atoms with van der Waals surface area (Å²) in [5, 5.41) is 9.59. The summed E-state index contributed by atoms with van der Waals surface area (Å²) in [6.07, 6.45) is 5.87. The molecular formula is C15H18ClNO3. The number of halogens is 1. The Balaban J connectivity index is 2.28. The second kappa shape index (κ2) is 6.27. The van der Waals surface area contributed by atoms with Crippen LogP contribution in [-0.4, -0.2) is 17.0 Å². The van der Waals surface area contributed by atoms with Gasteiger partial charge in [0.2, 0.25) is 5.91 Å². The van der Waals surface area contributed by atoms with Crippen LogP contribution in [0.1, 0.15) is 55.1 Å². The van der Waals surface area contributed by atoms with Crippen molar-refractivity contribution in [2.45, 2.75) is 43.9 Å². The Morgan fingerprint density at radius 1 is 1.25 bits per heavy atom. The molecule has 0 radical (unpaired) electrons. The first-order valence-corrected chi connectivity index (χ1v) is 7.20. The van der Waals surface area contributed by atoms with Crippen LogP contribution in [0.15, 0.2) is 18.2 Å². The zero-order valence-corrected chi connectivity index (χ0v) is 11.9. The van der Waals surface area contributed by atoms with Gasteiger partial charge in [-0.15, -0.1) is 0 Å². The molecule has 1 amide bonds. The van der Waals surface area contributed by atoms with Gasteiger partial charge in [-0.2, -0.15) is 0 Å². The zero-order valence-electron chi connectivity index (χ0n) is 11.1.